The van der Waals surface area contributed by atoms with E-state index in [2.05, 4.69) is 5.32 Å². The molecule has 0 aliphatic carbocycles. The monoisotopic (exact) mass is 427 g/mol. The molecule has 2 aromatic rings. The van der Waals surface area contributed by atoms with Crippen molar-refractivity contribution in [3.05, 3.63) is 59.9 Å². The Morgan fingerprint density at radius 2 is 1.90 bits per heavy atom. The molecule has 164 valence electrons. The molecule has 2 saturated heterocycles. The Labute approximate surface area is 180 Å². The average Bonchev–Trinajstić information content (AvgIpc) is 3.18. The molecule has 2 aliphatic heterocycles. The number of halogens is 1. The zero-order valence-corrected chi connectivity index (χ0v) is 17.3. The number of aryl methyl sites for hydroxylation is 1. The van der Waals surface area contributed by atoms with E-state index in [4.69, 9.17) is 9.47 Å². The maximum Gasteiger partial charge on any atom is 0.414 e. The van der Waals surface area contributed by atoms with Gasteiger partial charge in [0.2, 0.25) is 5.91 Å². The smallest absolute Gasteiger partial charge is 0.414 e. The topological polar surface area (TPSA) is 71.1 Å². The maximum absolute atomic E-state index is 14.7. The molecule has 2 aromatic carbocycles. The van der Waals surface area contributed by atoms with Crippen molar-refractivity contribution in [2.45, 2.75) is 18.9 Å². The highest BCUT2D eigenvalue weighted by molar-refractivity contribution is 5.90. The normalized spacial score (nSPS) is 18.7. The summed E-state index contributed by atoms with van der Waals surface area (Å²) in [4.78, 5) is 27.7. The highest BCUT2D eigenvalue weighted by atomic mass is 19.1. The van der Waals surface area contributed by atoms with Crippen molar-refractivity contribution in [3.63, 3.8) is 0 Å². The van der Waals surface area contributed by atoms with Crippen molar-refractivity contribution in [2.24, 2.45) is 0 Å². The molecule has 2 heterocycles. The molecule has 0 spiro atoms. The SMILES string of the molecule is O=C(CCc1ccccc1)NC[C@H]1CN(c2ccc(N3CCOCC3)c(F)c2)C(=O)O1. The minimum absolute atomic E-state index is 0.0979. The molecular weight excluding hydrogens is 401 g/mol. The fraction of sp³-hybridized carbons (Fsp3) is 0.391. The van der Waals surface area contributed by atoms with E-state index in [1.807, 2.05) is 35.2 Å². The van der Waals surface area contributed by atoms with Gasteiger partial charge in [-0.15, -0.1) is 0 Å². The van der Waals surface area contributed by atoms with E-state index in [0.717, 1.165) is 5.56 Å². The van der Waals surface area contributed by atoms with Gasteiger partial charge in [-0.05, 0) is 30.2 Å². The molecule has 0 unspecified atom stereocenters. The van der Waals surface area contributed by atoms with Crippen molar-refractivity contribution in [3.8, 4) is 0 Å². The molecule has 8 heteroatoms. The number of nitrogens with one attached hydrogen (secondary N) is 1. The lowest BCUT2D eigenvalue weighted by atomic mass is 10.1. The lowest BCUT2D eigenvalue weighted by Crippen LogP contribution is -2.37. The summed E-state index contributed by atoms with van der Waals surface area (Å²) in [5, 5.41) is 2.82. The quantitative estimate of drug-likeness (QED) is 0.736. The van der Waals surface area contributed by atoms with Crippen LogP contribution in [0, 0.1) is 5.82 Å². The van der Waals surface area contributed by atoms with Gasteiger partial charge in [-0.2, -0.15) is 0 Å². The van der Waals surface area contributed by atoms with Crippen molar-refractivity contribution in [1.82, 2.24) is 5.32 Å². The molecular formula is C23H26FN3O4. The zero-order chi connectivity index (χ0) is 21.6. The van der Waals surface area contributed by atoms with Crippen LogP contribution in [0.15, 0.2) is 48.5 Å². The van der Waals surface area contributed by atoms with E-state index in [0.29, 0.717) is 50.5 Å². The Kier molecular flexibility index (Phi) is 6.66. The van der Waals surface area contributed by atoms with Crippen LogP contribution in [0.3, 0.4) is 0 Å². The van der Waals surface area contributed by atoms with Gasteiger partial charge in [0.25, 0.3) is 0 Å². The Bertz CT molecular complexity index is 918. The van der Waals surface area contributed by atoms with Gasteiger partial charge in [-0.3, -0.25) is 9.69 Å². The van der Waals surface area contributed by atoms with Crippen LogP contribution in [-0.2, 0) is 20.7 Å². The zero-order valence-electron chi connectivity index (χ0n) is 17.3. The molecule has 0 saturated carbocycles. The number of cyclic esters (lactones) is 1. The summed E-state index contributed by atoms with van der Waals surface area (Å²) in [6, 6.07) is 14.5. The van der Waals surface area contributed by atoms with Crippen LogP contribution in [0.1, 0.15) is 12.0 Å². The summed E-state index contributed by atoms with van der Waals surface area (Å²) >= 11 is 0. The number of rotatable bonds is 7. The van der Waals surface area contributed by atoms with Gasteiger partial charge in [0.05, 0.1) is 37.7 Å². The molecule has 4 rings (SSSR count). The first kappa shape index (κ1) is 21.1. The first-order valence-electron chi connectivity index (χ1n) is 10.5. The van der Waals surface area contributed by atoms with Gasteiger partial charge >= 0.3 is 6.09 Å². The number of anilines is 2. The van der Waals surface area contributed by atoms with Crippen LogP contribution in [-0.4, -0.2) is 57.5 Å². The average molecular weight is 427 g/mol. The number of morpholine rings is 1. The summed E-state index contributed by atoms with van der Waals surface area (Å²) in [7, 11) is 0. The summed E-state index contributed by atoms with van der Waals surface area (Å²) in [6.07, 6.45) is -0.00196. The largest absolute Gasteiger partial charge is 0.442 e. The van der Waals surface area contributed by atoms with Crippen LogP contribution in [0.25, 0.3) is 0 Å². The number of nitrogens with zero attached hydrogens (tertiary/aromatic N) is 2. The third kappa shape index (κ3) is 5.32. The van der Waals surface area contributed by atoms with Gasteiger partial charge in [0.15, 0.2) is 0 Å². The lowest BCUT2D eigenvalue weighted by Gasteiger charge is -2.29. The number of benzene rings is 2. The van der Waals surface area contributed by atoms with E-state index in [1.165, 1.54) is 11.0 Å². The molecule has 2 fully saturated rings. The second-order valence-corrected chi connectivity index (χ2v) is 7.64. The van der Waals surface area contributed by atoms with Crippen LogP contribution in [0.4, 0.5) is 20.6 Å². The minimum Gasteiger partial charge on any atom is -0.442 e. The van der Waals surface area contributed by atoms with Gasteiger partial charge in [0.1, 0.15) is 11.9 Å². The third-order valence-electron chi connectivity index (χ3n) is 5.48. The van der Waals surface area contributed by atoms with E-state index in [9.17, 15) is 14.0 Å². The molecule has 1 atom stereocenters. The van der Waals surface area contributed by atoms with Crippen molar-refractivity contribution in [2.75, 3.05) is 49.2 Å². The number of carbonyl (C=O) groups is 2. The third-order valence-corrected chi connectivity index (χ3v) is 5.48. The highest BCUT2D eigenvalue weighted by Crippen LogP contribution is 2.28. The van der Waals surface area contributed by atoms with E-state index < -0.39 is 12.2 Å². The summed E-state index contributed by atoms with van der Waals surface area (Å²) < 4.78 is 25.3. The number of ether oxygens (including phenoxy) is 2. The van der Waals surface area contributed by atoms with Crippen LogP contribution in [0.5, 0.6) is 0 Å². The highest BCUT2D eigenvalue weighted by Gasteiger charge is 2.33. The maximum atomic E-state index is 14.7. The minimum atomic E-state index is -0.540. The summed E-state index contributed by atoms with van der Waals surface area (Å²) in [5.41, 5.74) is 2.04. The van der Waals surface area contributed by atoms with Gasteiger partial charge in [-0.25, -0.2) is 9.18 Å². The van der Waals surface area contributed by atoms with E-state index in [1.54, 1.807) is 12.1 Å². The van der Waals surface area contributed by atoms with Crippen LogP contribution >= 0.6 is 0 Å². The predicted molar refractivity (Wildman–Crippen MR) is 115 cm³/mol. The molecule has 0 radical (unpaired) electrons. The number of hydrogen-bond acceptors (Lipinski definition) is 5. The van der Waals surface area contributed by atoms with E-state index in [-0.39, 0.29) is 24.8 Å². The Hall–Kier alpha value is -3.13. The molecule has 1 N–H and O–H groups in total. The molecule has 2 amide bonds. The summed E-state index contributed by atoms with van der Waals surface area (Å²) in [6.45, 7) is 2.89. The van der Waals surface area contributed by atoms with Crippen LogP contribution < -0.4 is 15.1 Å². The predicted octanol–water partition coefficient (Wildman–Crippen LogP) is 2.74. The van der Waals surface area contributed by atoms with E-state index >= 15 is 0 Å². The first-order chi connectivity index (χ1) is 15.1. The van der Waals surface area contributed by atoms with Crippen molar-refractivity contribution >= 4 is 23.4 Å². The van der Waals surface area contributed by atoms with Gasteiger partial charge in [-0.1, -0.05) is 30.3 Å². The molecule has 2 aliphatic rings. The van der Waals surface area contributed by atoms with Gasteiger partial charge in [0, 0.05) is 19.5 Å². The second-order valence-electron chi connectivity index (χ2n) is 7.64. The number of carbonyl (C=O) groups excluding carboxylic acids is 2. The molecule has 0 bridgehead atoms. The number of hydrogen-bond donors (Lipinski definition) is 1. The molecule has 7 nitrogen and oxygen atoms in total. The standard InChI is InChI=1S/C23H26FN3O4/c24-20-14-18(7-8-21(20)26-10-12-30-13-11-26)27-16-19(31-23(27)29)15-25-22(28)9-6-17-4-2-1-3-5-17/h1-5,7-8,14,19H,6,9-13,15-16H2,(H,25,28)/t19-/m0/s1. The number of amides is 2. The van der Waals surface area contributed by atoms with Crippen molar-refractivity contribution in [1.29, 1.82) is 0 Å². The Balaban J connectivity index is 1.28. The molecule has 31 heavy (non-hydrogen) atoms. The Morgan fingerprint density at radius 3 is 2.65 bits per heavy atom. The van der Waals surface area contributed by atoms with Crippen LogP contribution in [0.2, 0.25) is 0 Å². The van der Waals surface area contributed by atoms with Gasteiger partial charge < -0.3 is 19.7 Å². The summed E-state index contributed by atoms with van der Waals surface area (Å²) in [5.74, 6) is -0.482. The van der Waals surface area contributed by atoms with Crippen molar-refractivity contribution < 1.29 is 23.5 Å². The first-order valence-corrected chi connectivity index (χ1v) is 10.5. The lowest BCUT2D eigenvalue weighted by molar-refractivity contribution is -0.121. The fourth-order valence-corrected chi connectivity index (χ4v) is 3.78. The Morgan fingerprint density at radius 1 is 1.13 bits per heavy atom. The molecule has 0 aromatic heterocycles. The fourth-order valence-electron chi connectivity index (χ4n) is 3.78. The second kappa shape index (κ2) is 9.78.